The van der Waals surface area contributed by atoms with Crippen molar-refractivity contribution in [3.8, 4) is 5.75 Å². The molecular formula is C23H25N3O3. The molecule has 0 saturated carbocycles. The fourth-order valence-electron chi connectivity index (χ4n) is 3.81. The molecule has 29 heavy (non-hydrogen) atoms. The van der Waals surface area contributed by atoms with Crippen molar-refractivity contribution in [2.24, 2.45) is 0 Å². The summed E-state index contributed by atoms with van der Waals surface area (Å²) < 4.78 is 5.65. The van der Waals surface area contributed by atoms with Crippen LogP contribution < -0.4 is 4.74 Å². The molecule has 2 aliphatic rings. The van der Waals surface area contributed by atoms with Gasteiger partial charge >= 0.3 is 0 Å². The van der Waals surface area contributed by atoms with Gasteiger partial charge in [-0.3, -0.25) is 19.5 Å². The SMILES string of the molecule is CCCOc1ccc(C2=C(N3CCCC3)C(=O)N(Cc3cccnc3)C2=O)cc1. The number of carbonyl (C=O) groups is 2. The Bertz CT molecular complexity index is 916. The number of nitrogens with zero attached hydrogens (tertiary/aromatic N) is 3. The Morgan fingerprint density at radius 3 is 2.45 bits per heavy atom. The Morgan fingerprint density at radius 1 is 1.03 bits per heavy atom. The predicted molar refractivity (Wildman–Crippen MR) is 110 cm³/mol. The highest BCUT2D eigenvalue weighted by Crippen LogP contribution is 2.34. The van der Waals surface area contributed by atoms with Crippen molar-refractivity contribution < 1.29 is 14.3 Å². The summed E-state index contributed by atoms with van der Waals surface area (Å²) in [6.45, 7) is 4.54. The molecule has 2 aliphatic heterocycles. The van der Waals surface area contributed by atoms with Gasteiger partial charge in [-0.1, -0.05) is 25.1 Å². The van der Waals surface area contributed by atoms with Gasteiger partial charge in [0.15, 0.2) is 0 Å². The number of aromatic nitrogens is 1. The fourth-order valence-corrected chi connectivity index (χ4v) is 3.81. The smallest absolute Gasteiger partial charge is 0.278 e. The summed E-state index contributed by atoms with van der Waals surface area (Å²) in [5.74, 6) is 0.299. The van der Waals surface area contributed by atoms with E-state index in [1.54, 1.807) is 12.4 Å². The van der Waals surface area contributed by atoms with Gasteiger partial charge in [0.05, 0.1) is 18.7 Å². The number of pyridine rings is 1. The number of rotatable bonds is 7. The molecule has 0 radical (unpaired) electrons. The number of amides is 2. The Kier molecular flexibility index (Phi) is 5.60. The zero-order valence-electron chi connectivity index (χ0n) is 16.6. The highest BCUT2D eigenvalue weighted by Gasteiger charge is 2.42. The van der Waals surface area contributed by atoms with Crippen LogP contribution in [0.2, 0.25) is 0 Å². The highest BCUT2D eigenvalue weighted by atomic mass is 16.5. The first-order valence-corrected chi connectivity index (χ1v) is 10.2. The van der Waals surface area contributed by atoms with Crippen molar-refractivity contribution in [3.05, 3.63) is 65.6 Å². The molecule has 6 nitrogen and oxygen atoms in total. The van der Waals surface area contributed by atoms with Crippen molar-refractivity contribution in [3.63, 3.8) is 0 Å². The van der Waals surface area contributed by atoms with E-state index in [4.69, 9.17) is 4.74 Å². The molecule has 0 spiro atoms. The summed E-state index contributed by atoms with van der Waals surface area (Å²) in [5.41, 5.74) is 2.60. The Hall–Kier alpha value is -3.15. The van der Waals surface area contributed by atoms with Crippen molar-refractivity contribution in [2.75, 3.05) is 19.7 Å². The Labute approximate surface area is 170 Å². The second-order valence-electron chi connectivity index (χ2n) is 7.35. The van der Waals surface area contributed by atoms with E-state index in [2.05, 4.69) is 16.8 Å². The van der Waals surface area contributed by atoms with E-state index < -0.39 is 0 Å². The van der Waals surface area contributed by atoms with Crippen molar-refractivity contribution in [1.82, 2.24) is 14.8 Å². The van der Waals surface area contributed by atoms with Crippen LogP contribution >= 0.6 is 0 Å². The largest absolute Gasteiger partial charge is 0.494 e. The van der Waals surface area contributed by atoms with Crippen LogP contribution in [-0.4, -0.2) is 46.3 Å². The molecular weight excluding hydrogens is 366 g/mol. The van der Waals surface area contributed by atoms with Crippen LogP contribution in [-0.2, 0) is 16.1 Å². The molecule has 0 atom stereocenters. The van der Waals surface area contributed by atoms with Crippen LogP contribution in [0.5, 0.6) is 5.75 Å². The molecule has 0 bridgehead atoms. The first kappa shape index (κ1) is 19.2. The molecule has 150 valence electrons. The lowest BCUT2D eigenvalue weighted by Crippen LogP contribution is -2.34. The minimum atomic E-state index is -0.247. The molecule has 3 heterocycles. The van der Waals surface area contributed by atoms with Gasteiger partial charge in [-0.15, -0.1) is 0 Å². The van der Waals surface area contributed by atoms with E-state index in [1.165, 1.54) is 4.90 Å². The van der Waals surface area contributed by atoms with E-state index in [0.29, 0.717) is 17.9 Å². The topological polar surface area (TPSA) is 62.7 Å². The molecule has 6 heteroatoms. The van der Waals surface area contributed by atoms with Crippen LogP contribution in [0.1, 0.15) is 37.3 Å². The van der Waals surface area contributed by atoms with Gasteiger partial charge in [-0.05, 0) is 48.6 Å². The summed E-state index contributed by atoms with van der Waals surface area (Å²) >= 11 is 0. The number of likely N-dealkylation sites (tertiary alicyclic amines) is 1. The molecule has 2 aromatic rings. The second kappa shape index (κ2) is 8.47. The van der Waals surface area contributed by atoms with Gasteiger partial charge in [-0.25, -0.2) is 0 Å². The Morgan fingerprint density at radius 2 is 1.79 bits per heavy atom. The average Bonchev–Trinajstić information content (AvgIpc) is 3.36. The second-order valence-corrected chi connectivity index (χ2v) is 7.35. The Balaban J connectivity index is 1.67. The first-order valence-electron chi connectivity index (χ1n) is 10.2. The molecule has 0 aliphatic carbocycles. The van der Waals surface area contributed by atoms with Crippen molar-refractivity contribution in [2.45, 2.75) is 32.7 Å². The number of imide groups is 1. The molecule has 1 aromatic carbocycles. The third-order valence-electron chi connectivity index (χ3n) is 5.25. The van der Waals surface area contributed by atoms with Crippen molar-refractivity contribution in [1.29, 1.82) is 0 Å². The first-order chi connectivity index (χ1) is 14.2. The van der Waals surface area contributed by atoms with Gasteiger partial charge in [0.2, 0.25) is 0 Å². The molecule has 0 N–H and O–H groups in total. The number of carbonyl (C=O) groups excluding carboxylic acids is 2. The van der Waals surface area contributed by atoms with Crippen LogP contribution in [0.3, 0.4) is 0 Å². The molecule has 0 unspecified atom stereocenters. The standard InChI is InChI=1S/C23H25N3O3/c1-2-14-29-19-9-7-18(8-10-19)20-21(25-12-3-4-13-25)23(28)26(22(20)27)16-17-6-5-11-24-15-17/h5-11,15H,2-4,12-14,16H2,1H3. The predicted octanol–water partition coefficient (Wildman–Crippen LogP) is 3.25. The monoisotopic (exact) mass is 391 g/mol. The molecule has 1 fully saturated rings. The number of ether oxygens (including phenoxy) is 1. The summed E-state index contributed by atoms with van der Waals surface area (Å²) in [6, 6.07) is 11.2. The minimum absolute atomic E-state index is 0.220. The summed E-state index contributed by atoms with van der Waals surface area (Å²) in [6.07, 6.45) is 6.37. The zero-order valence-corrected chi connectivity index (χ0v) is 16.6. The fraction of sp³-hybridized carbons (Fsp3) is 0.348. The minimum Gasteiger partial charge on any atom is -0.494 e. The zero-order chi connectivity index (χ0) is 20.2. The third-order valence-corrected chi connectivity index (χ3v) is 5.25. The van der Waals surface area contributed by atoms with E-state index in [1.807, 2.05) is 36.4 Å². The van der Waals surface area contributed by atoms with Gasteiger partial charge in [0.25, 0.3) is 11.8 Å². The highest BCUT2D eigenvalue weighted by molar-refractivity contribution is 6.35. The van der Waals surface area contributed by atoms with Crippen LogP contribution in [0.25, 0.3) is 5.57 Å². The van der Waals surface area contributed by atoms with E-state index in [0.717, 1.165) is 49.2 Å². The molecule has 4 rings (SSSR count). The summed E-state index contributed by atoms with van der Waals surface area (Å²) in [4.78, 5) is 34.1. The summed E-state index contributed by atoms with van der Waals surface area (Å²) in [7, 11) is 0. The maximum absolute atomic E-state index is 13.3. The van der Waals surface area contributed by atoms with E-state index >= 15 is 0 Å². The average molecular weight is 391 g/mol. The summed E-state index contributed by atoms with van der Waals surface area (Å²) in [5, 5.41) is 0. The van der Waals surface area contributed by atoms with Crippen LogP contribution in [0.15, 0.2) is 54.5 Å². The van der Waals surface area contributed by atoms with Crippen molar-refractivity contribution >= 4 is 17.4 Å². The molecule has 2 amide bonds. The van der Waals surface area contributed by atoms with Crippen LogP contribution in [0, 0.1) is 0 Å². The van der Waals surface area contributed by atoms with Gasteiger partial charge in [0.1, 0.15) is 11.4 Å². The normalized spacial score (nSPS) is 16.9. The number of hydrogen-bond donors (Lipinski definition) is 0. The third kappa shape index (κ3) is 3.88. The maximum Gasteiger partial charge on any atom is 0.278 e. The molecule has 1 aromatic heterocycles. The number of benzene rings is 1. The quantitative estimate of drug-likeness (QED) is 0.678. The molecule has 1 saturated heterocycles. The lowest BCUT2D eigenvalue weighted by molar-refractivity contribution is -0.138. The lowest BCUT2D eigenvalue weighted by atomic mass is 10.0. The van der Waals surface area contributed by atoms with Gasteiger partial charge in [0, 0.05) is 25.5 Å². The maximum atomic E-state index is 13.3. The lowest BCUT2D eigenvalue weighted by Gasteiger charge is -2.20. The van der Waals surface area contributed by atoms with Crippen LogP contribution in [0.4, 0.5) is 0 Å². The van der Waals surface area contributed by atoms with Gasteiger partial charge < -0.3 is 9.64 Å². The van der Waals surface area contributed by atoms with E-state index in [-0.39, 0.29) is 18.4 Å². The van der Waals surface area contributed by atoms with Gasteiger partial charge in [-0.2, -0.15) is 0 Å². The number of hydrogen-bond acceptors (Lipinski definition) is 5. The van der Waals surface area contributed by atoms with E-state index in [9.17, 15) is 9.59 Å².